The molecule has 0 atom stereocenters. The van der Waals surface area contributed by atoms with Gasteiger partial charge in [-0.1, -0.05) is 24.3 Å². The summed E-state index contributed by atoms with van der Waals surface area (Å²) in [5.41, 5.74) is -0.0769. The van der Waals surface area contributed by atoms with Crippen LogP contribution < -0.4 is 10.6 Å². The molecule has 2 amide bonds. The van der Waals surface area contributed by atoms with Crippen molar-refractivity contribution in [3.05, 3.63) is 65.2 Å². The van der Waals surface area contributed by atoms with Gasteiger partial charge >= 0.3 is 12.1 Å². The molecule has 0 saturated heterocycles. The summed E-state index contributed by atoms with van der Waals surface area (Å²) < 4.78 is 42.8. The molecule has 148 valence electrons. The number of carbonyl (C=O) groups excluding carboxylic acids is 3. The van der Waals surface area contributed by atoms with Crippen molar-refractivity contribution in [2.75, 3.05) is 19.0 Å². The van der Waals surface area contributed by atoms with E-state index in [2.05, 4.69) is 10.6 Å². The van der Waals surface area contributed by atoms with Crippen molar-refractivity contribution in [3.8, 4) is 0 Å². The van der Waals surface area contributed by atoms with Crippen LogP contribution in [-0.2, 0) is 26.9 Å². The van der Waals surface area contributed by atoms with Crippen molar-refractivity contribution in [2.45, 2.75) is 12.6 Å². The Hall–Kier alpha value is -3.36. The van der Waals surface area contributed by atoms with Crippen LogP contribution in [0.3, 0.4) is 0 Å². The van der Waals surface area contributed by atoms with E-state index in [1.54, 1.807) is 18.2 Å². The topological polar surface area (TPSA) is 84.5 Å². The molecule has 0 heterocycles. The number of carbonyl (C=O) groups is 3. The third-order valence-corrected chi connectivity index (χ3v) is 3.60. The fourth-order valence-electron chi connectivity index (χ4n) is 2.30. The molecule has 0 saturated carbocycles. The van der Waals surface area contributed by atoms with Gasteiger partial charge in [-0.25, -0.2) is 0 Å². The highest BCUT2D eigenvalue weighted by Crippen LogP contribution is 2.29. The van der Waals surface area contributed by atoms with E-state index in [1.165, 1.54) is 25.2 Å². The Labute approximate surface area is 158 Å². The lowest BCUT2D eigenvalue weighted by Crippen LogP contribution is -2.22. The molecule has 0 aliphatic carbocycles. The average molecular weight is 394 g/mol. The van der Waals surface area contributed by atoms with E-state index in [4.69, 9.17) is 4.74 Å². The van der Waals surface area contributed by atoms with E-state index >= 15 is 0 Å². The zero-order valence-electron chi connectivity index (χ0n) is 14.8. The summed E-state index contributed by atoms with van der Waals surface area (Å²) in [7, 11) is 1.47. The molecule has 9 heteroatoms. The summed E-state index contributed by atoms with van der Waals surface area (Å²) in [5.74, 6) is -1.82. The number of hydrogen-bond acceptors (Lipinski definition) is 4. The molecule has 6 nitrogen and oxygen atoms in total. The second-order valence-electron chi connectivity index (χ2n) is 5.74. The Morgan fingerprint density at radius 3 is 2.43 bits per heavy atom. The second-order valence-corrected chi connectivity index (χ2v) is 5.74. The number of anilines is 1. The molecule has 0 aliphatic rings. The molecule has 0 radical (unpaired) electrons. The lowest BCUT2D eigenvalue weighted by atomic mass is 10.1. The van der Waals surface area contributed by atoms with E-state index in [9.17, 15) is 27.6 Å². The normalized spacial score (nSPS) is 10.9. The molecular weight excluding hydrogens is 377 g/mol. The highest BCUT2D eigenvalue weighted by Gasteiger charge is 2.30. The van der Waals surface area contributed by atoms with Gasteiger partial charge in [0.1, 0.15) is 0 Å². The van der Waals surface area contributed by atoms with Crippen LogP contribution in [-0.4, -0.2) is 31.4 Å². The van der Waals surface area contributed by atoms with Crippen LogP contribution in [0.1, 0.15) is 21.5 Å². The monoisotopic (exact) mass is 394 g/mol. The van der Waals surface area contributed by atoms with Crippen molar-refractivity contribution in [2.24, 2.45) is 0 Å². The Kier molecular flexibility index (Phi) is 6.75. The minimum atomic E-state index is -4.51. The summed E-state index contributed by atoms with van der Waals surface area (Å²) in [6.07, 6.45) is -4.91. The molecule has 2 aromatic carbocycles. The lowest BCUT2D eigenvalue weighted by molar-refractivity contribution is -0.146. The van der Waals surface area contributed by atoms with Crippen molar-refractivity contribution < 1.29 is 32.3 Å². The Balaban J connectivity index is 1.88. The fourth-order valence-corrected chi connectivity index (χ4v) is 2.30. The number of hydrogen-bond donors (Lipinski definition) is 2. The number of rotatable bonds is 6. The SMILES string of the molecule is CNC(=O)c1cccc(NC(=O)COC(=O)Cc2cccc(C(F)(F)F)c2)c1. The van der Waals surface area contributed by atoms with Crippen LogP contribution in [0.5, 0.6) is 0 Å². The molecule has 2 aromatic rings. The van der Waals surface area contributed by atoms with Gasteiger partial charge in [-0.2, -0.15) is 13.2 Å². The number of ether oxygens (including phenoxy) is 1. The number of esters is 1. The van der Waals surface area contributed by atoms with Gasteiger partial charge in [-0.15, -0.1) is 0 Å². The number of nitrogens with one attached hydrogen (secondary N) is 2. The van der Waals surface area contributed by atoms with Crippen molar-refractivity contribution in [1.82, 2.24) is 5.32 Å². The third-order valence-electron chi connectivity index (χ3n) is 3.60. The van der Waals surface area contributed by atoms with Crippen LogP contribution in [0.15, 0.2) is 48.5 Å². The Morgan fingerprint density at radius 2 is 1.75 bits per heavy atom. The minimum Gasteiger partial charge on any atom is -0.455 e. The van der Waals surface area contributed by atoms with Gasteiger partial charge in [0.2, 0.25) is 0 Å². The first-order valence-electron chi connectivity index (χ1n) is 8.13. The smallest absolute Gasteiger partial charge is 0.416 e. The van der Waals surface area contributed by atoms with Crippen LogP contribution in [0.25, 0.3) is 0 Å². The summed E-state index contributed by atoms with van der Waals surface area (Å²) in [6.45, 7) is -0.609. The van der Waals surface area contributed by atoms with Crippen molar-refractivity contribution >= 4 is 23.5 Å². The molecule has 2 N–H and O–H groups in total. The molecule has 0 bridgehead atoms. The molecule has 2 rings (SSSR count). The number of halogens is 3. The second kappa shape index (κ2) is 9.03. The number of amides is 2. The molecule has 0 aliphatic heterocycles. The first kappa shape index (κ1) is 20.9. The van der Waals surface area contributed by atoms with Gasteiger partial charge in [0.15, 0.2) is 6.61 Å². The summed E-state index contributed by atoms with van der Waals surface area (Å²) >= 11 is 0. The first-order chi connectivity index (χ1) is 13.2. The van der Waals surface area contributed by atoms with Crippen molar-refractivity contribution in [3.63, 3.8) is 0 Å². The van der Waals surface area contributed by atoms with Crippen LogP contribution >= 0.6 is 0 Å². The Bertz CT molecular complexity index is 881. The van der Waals surface area contributed by atoms with E-state index in [-0.39, 0.29) is 11.5 Å². The quantitative estimate of drug-likeness (QED) is 0.738. The third kappa shape index (κ3) is 6.11. The van der Waals surface area contributed by atoms with Gasteiger partial charge in [-0.3, -0.25) is 14.4 Å². The van der Waals surface area contributed by atoms with Gasteiger partial charge in [0.05, 0.1) is 12.0 Å². The fraction of sp³-hybridized carbons (Fsp3) is 0.211. The maximum atomic E-state index is 12.7. The van der Waals surface area contributed by atoms with E-state index in [0.717, 1.165) is 12.1 Å². The summed E-state index contributed by atoms with van der Waals surface area (Å²) in [6, 6.07) is 10.4. The van der Waals surface area contributed by atoms with Gasteiger partial charge in [-0.05, 0) is 29.8 Å². The summed E-state index contributed by atoms with van der Waals surface area (Å²) in [5, 5.41) is 4.91. The van der Waals surface area contributed by atoms with Gasteiger partial charge < -0.3 is 15.4 Å². The predicted octanol–water partition coefficient (Wildman–Crippen LogP) is 2.79. The molecule has 0 fully saturated rings. The zero-order chi connectivity index (χ0) is 20.7. The zero-order valence-corrected chi connectivity index (χ0v) is 14.8. The first-order valence-corrected chi connectivity index (χ1v) is 8.13. The molecular formula is C19H17F3N2O4. The molecule has 0 spiro atoms. The highest BCUT2D eigenvalue weighted by atomic mass is 19.4. The Morgan fingerprint density at radius 1 is 1.04 bits per heavy atom. The van der Waals surface area contributed by atoms with Crippen molar-refractivity contribution in [1.29, 1.82) is 0 Å². The maximum Gasteiger partial charge on any atom is 0.416 e. The van der Waals surface area contributed by atoms with Gasteiger partial charge in [0.25, 0.3) is 11.8 Å². The van der Waals surface area contributed by atoms with E-state index in [1.807, 2.05) is 0 Å². The number of benzene rings is 2. The van der Waals surface area contributed by atoms with Crippen LogP contribution in [0, 0.1) is 0 Å². The standard InChI is InChI=1S/C19H17F3N2O4/c1-23-18(27)13-5-3-7-15(10-13)24-16(25)11-28-17(26)9-12-4-2-6-14(8-12)19(20,21)22/h2-8,10H,9,11H2,1H3,(H,23,27)(H,24,25). The van der Waals surface area contributed by atoms with Crippen LogP contribution in [0.2, 0.25) is 0 Å². The maximum absolute atomic E-state index is 12.7. The lowest BCUT2D eigenvalue weighted by Gasteiger charge is -2.09. The average Bonchev–Trinajstić information content (AvgIpc) is 2.65. The van der Waals surface area contributed by atoms with Crippen LogP contribution in [0.4, 0.5) is 18.9 Å². The highest BCUT2D eigenvalue weighted by molar-refractivity contribution is 5.97. The molecule has 0 unspecified atom stereocenters. The molecule has 28 heavy (non-hydrogen) atoms. The van der Waals surface area contributed by atoms with E-state index < -0.39 is 36.6 Å². The summed E-state index contributed by atoms with van der Waals surface area (Å²) in [4.78, 5) is 35.2. The van der Waals surface area contributed by atoms with Gasteiger partial charge in [0, 0.05) is 18.3 Å². The number of alkyl halides is 3. The van der Waals surface area contributed by atoms with E-state index in [0.29, 0.717) is 11.3 Å². The largest absolute Gasteiger partial charge is 0.455 e. The molecule has 0 aromatic heterocycles. The minimum absolute atomic E-state index is 0.124. The predicted molar refractivity (Wildman–Crippen MR) is 94.6 cm³/mol.